The number of aromatic nitrogens is 2. The maximum absolute atomic E-state index is 12.4. The molecule has 3 atom stereocenters. The summed E-state index contributed by atoms with van der Waals surface area (Å²) in [5.41, 5.74) is 2.03. The minimum atomic E-state index is -0.130. The highest BCUT2D eigenvalue weighted by atomic mass is 16.2. The summed E-state index contributed by atoms with van der Waals surface area (Å²) in [6.07, 6.45) is 5.90. The Morgan fingerprint density at radius 1 is 1.18 bits per heavy atom. The molecule has 114 valence electrons. The second-order valence-corrected chi connectivity index (χ2v) is 6.34. The van der Waals surface area contributed by atoms with Gasteiger partial charge in [-0.15, -0.1) is 0 Å². The number of nitrogens with zero attached hydrogens (tertiary/aromatic N) is 3. The number of benzene rings is 1. The third-order valence-electron chi connectivity index (χ3n) is 4.69. The van der Waals surface area contributed by atoms with Crippen LogP contribution in [0.25, 0.3) is 11.1 Å². The second kappa shape index (κ2) is 5.57. The van der Waals surface area contributed by atoms with Crippen LogP contribution in [0.3, 0.4) is 0 Å². The number of carbonyl (C=O) groups is 1. The maximum Gasteiger partial charge on any atom is 0.342 e. The molecule has 1 N–H and O–H groups in total. The van der Waals surface area contributed by atoms with Crippen LogP contribution in [0.5, 0.6) is 0 Å². The Bertz CT molecular complexity index is 654. The van der Waals surface area contributed by atoms with Crippen LogP contribution in [0, 0.1) is 5.92 Å². The smallest absolute Gasteiger partial charge is 0.332 e. The molecule has 2 saturated heterocycles. The van der Waals surface area contributed by atoms with Gasteiger partial charge in [-0.05, 0) is 30.9 Å². The van der Waals surface area contributed by atoms with Crippen LogP contribution in [-0.4, -0.2) is 46.4 Å². The lowest BCUT2D eigenvalue weighted by Gasteiger charge is -2.30. The van der Waals surface area contributed by atoms with Crippen LogP contribution >= 0.6 is 0 Å². The Morgan fingerprint density at radius 2 is 2.05 bits per heavy atom. The van der Waals surface area contributed by atoms with E-state index in [9.17, 15) is 4.79 Å². The standard InChI is InChI=1S/C17H20N4O/c22-17(19-16-8-13-6-7-20(10-13)12-16)21-11-15(9-18-21)14-4-2-1-3-5-14/h1-5,9,11,13,16H,6-8,10,12H2,(H,19,22). The first-order valence-corrected chi connectivity index (χ1v) is 7.91. The van der Waals surface area contributed by atoms with Crippen molar-refractivity contribution in [2.75, 3.05) is 19.6 Å². The lowest BCUT2D eigenvalue weighted by atomic mass is 9.97. The van der Waals surface area contributed by atoms with Crippen molar-refractivity contribution in [3.63, 3.8) is 0 Å². The van der Waals surface area contributed by atoms with E-state index in [4.69, 9.17) is 0 Å². The van der Waals surface area contributed by atoms with Gasteiger partial charge in [0, 0.05) is 30.9 Å². The summed E-state index contributed by atoms with van der Waals surface area (Å²) in [5, 5.41) is 7.32. The molecule has 2 aliphatic heterocycles. The molecule has 1 amide bonds. The van der Waals surface area contributed by atoms with Crippen molar-refractivity contribution in [3.05, 3.63) is 42.7 Å². The van der Waals surface area contributed by atoms with E-state index in [-0.39, 0.29) is 12.1 Å². The van der Waals surface area contributed by atoms with E-state index in [1.54, 1.807) is 12.4 Å². The van der Waals surface area contributed by atoms with Gasteiger partial charge in [0.1, 0.15) is 0 Å². The summed E-state index contributed by atoms with van der Waals surface area (Å²) in [7, 11) is 0. The first-order chi connectivity index (χ1) is 10.8. The molecule has 2 fully saturated rings. The monoisotopic (exact) mass is 296 g/mol. The minimum absolute atomic E-state index is 0.130. The predicted octanol–water partition coefficient (Wildman–Crippen LogP) is 2.20. The zero-order chi connectivity index (χ0) is 14.9. The van der Waals surface area contributed by atoms with Gasteiger partial charge in [0.25, 0.3) is 0 Å². The molecular formula is C17H20N4O. The summed E-state index contributed by atoms with van der Waals surface area (Å²) in [6.45, 7) is 3.35. The Labute approximate surface area is 129 Å². The Morgan fingerprint density at radius 3 is 2.86 bits per heavy atom. The first-order valence-electron chi connectivity index (χ1n) is 7.91. The highest BCUT2D eigenvalue weighted by molar-refractivity contribution is 5.77. The highest BCUT2D eigenvalue weighted by Crippen LogP contribution is 2.26. The number of fused-ring (bicyclic) bond motifs is 2. The van der Waals surface area contributed by atoms with Crippen molar-refractivity contribution >= 4 is 6.03 Å². The predicted molar refractivity (Wildman–Crippen MR) is 84.5 cm³/mol. The van der Waals surface area contributed by atoms with E-state index in [1.165, 1.54) is 24.2 Å². The van der Waals surface area contributed by atoms with Crippen LogP contribution in [0.2, 0.25) is 0 Å². The fourth-order valence-electron chi connectivity index (χ4n) is 3.62. The molecule has 0 radical (unpaired) electrons. The Balaban J connectivity index is 1.44. The molecule has 5 heteroatoms. The zero-order valence-corrected chi connectivity index (χ0v) is 12.5. The van der Waals surface area contributed by atoms with E-state index < -0.39 is 0 Å². The van der Waals surface area contributed by atoms with Gasteiger partial charge in [-0.2, -0.15) is 9.78 Å². The number of rotatable bonds is 2. The van der Waals surface area contributed by atoms with E-state index in [2.05, 4.69) is 15.3 Å². The van der Waals surface area contributed by atoms with Gasteiger partial charge >= 0.3 is 6.03 Å². The molecule has 0 aliphatic carbocycles. The van der Waals surface area contributed by atoms with E-state index in [1.807, 2.05) is 30.3 Å². The van der Waals surface area contributed by atoms with E-state index in [0.29, 0.717) is 0 Å². The van der Waals surface area contributed by atoms with Gasteiger partial charge in [0.15, 0.2) is 0 Å². The third-order valence-corrected chi connectivity index (χ3v) is 4.69. The van der Waals surface area contributed by atoms with Crippen molar-refractivity contribution in [2.45, 2.75) is 18.9 Å². The van der Waals surface area contributed by atoms with Crippen LogP contribution in [0.1, 0.15) is 12.8 Å². The summed E-state index contributed by atoms with van der Waals surface area (Å²) < 4.78 is 1.41. The zero-order valence-electron chi connectivity index (χ0n) is 12.5. The van der Waals surface area contributed by atoms with Crippen molar-refractivity contribution in [3.8, 4) is 11.1 Å². The topological polar surface area (TPSA) is 50.2 Å². The number of hydrogen-bond acceptors (Lipinski definition) is 3. The van der Waals surface area contributed by atoms with Crippen molar-refractivity contribution in [1.82, 2.24) is 20.0 Å². The van der Waals surface area contributed by atoms with Crippen LogP contribution < -0.4 is 5.32 Å². The number of piperidine rings is 1. The quantitative estimate of drug-likeness (QED) is 0.924. The second-order valence-electron chi connectivity index (χ2n) is 6.34. The van der Waals surface area contributed by atoms with Crippen molar-refractivity contribution in [1.29, 1.82) is 0 Å². The molecule has 5 nitrogen and oxygen atoms in total. The summed E-state index contributed by atoms with van der Waals surface area (Å²) >= 11 is 0. The number of nitrogens with one attached hydrogen (secondary N) is 1. The molecule has 1 aromatic heterocycles. The normalized spacial score (nSPS) is 26.8. The average molecular weight is 296 g/mol. The molecule has 3 unspecified atom stereocenters. The Kier molecular flexibility index (Phi) is 3.42. The summed E-state index contributed by atoms with van der Waals surface area (Å²) in [4.78, 5) is 14.8. The summed E-state index contributed by atoms with van der Waals surface area (Å²) in [6, 6.07) is 10.1. The van der Waals surface area contributed by atoms with E-state index >= 15 is 0 Å². The molecule has 22 heavy (non-hydrogen) atoms. The lowest BCUT2D eigenvalue weighted by Crippen LogP contribution is -2.48. The van der Waals surface area contributed by atoms with Crippen molar-refractivity contribution in [2.24, 2.45) is 5.92 Å². The van der Waals surface area contributed by atoms with Crippen LogP contribution in [-0.2, 0) is 0 Å². The third kappa shape index (κ3) is 2.64. The van der Waals surface area contributed by atoms with Gasteiger partial charge < -0.3 is 10.2 Å². The number of hydrogen-bond donors (Lipinski definition) is 1. The molecule has 2 aliphatic rings. The van der Waals surface area contributed by atoms with E-state index in [0.717, 1.165) is 30.0 Å². The van der Waals surface area contributed by atoms with Gasteiger partial charge in [-0.25, -0.2) is 4.79 Å². The van der Waals surface area contributed by atoms with Gasteiger partial charge in [0.2, 0.25) is 0 Å². The van der Waals surface area contributed by atoms with Gasteiger partial charge in [-0.3, -0.25) is 0 Å². The molecule has 2 aromatic rings. The SMILES string of the molecule is O=C(NC1CC2CCN(C2)C1)n1cc(-c2ccccc2)cn1. The van der Waals surface area contributed by atoms with Crippen LogP contribution in [0.4, 0.5) is 4.79 Å². The molecule has 0 spiro atoms. The van der Waals surface area contributed by atoms with Gasteiger partial charge in [0.05, 0.1) is 6.20 Å². The average Bonchev–Trinajstić information content (AvgIpc) is 3.15. The number of amides is 1. The largest absolute Gasteiger partial charge is 0.342 e. The maximum atomic E-state index is 12.4. The fraction of sp³-hybridized carbons (Fsp3) is 0.412. The summed E-state index contributed by atoms with van der Waals surface area (Å²) in [5.74, 6) is 0.747. The first kappa shape index (κ1) is 13.5. The van der Waals surface area contributed by atoms with Crippen molar-refractivity contribution < 1.29 is 4.79 Å². The van der Waals surface area contributed by atoms with Crippen LogP contribution in [0.15, 0.2) is 42.7 Å². The fourth-order valence-corrected chi connectivity index (χ4v) is 3.62. The molecule has 3 heterocycles. The lowest BCUT2D eigenvalue weighted by molar-refractivity contribution is 0.204. The number of carbonyl (C=O) groups excluding carboxylic acids is 1. The Hall–Kier alpha value is -2.14. The molecule has 4 rings (SSSR count). The molecule has 2 bridgehead atoms. The van der Waals surface area contributed by atoms with Gasteiger partial charge in [-0.1, -0.05) is 30.3 Å². The minimum Gasteiger partial charge on any atom is -0.332 e. The molecular weight excluding hydrogens is 276 g/mol. The molecule has 0 saturated carbocycles. The highest BCUT2D eigenvalue weighted by Gasteiger charge is 2.33. The molecule has 1 aromatic carbocycles.